The zero-order valence-electron chi connectivity index (χ0n) is 26.6. The molecule has 0 saturated heterocycles. The predicted molar refractivity (Wildman–Crippen MR) is 173 cm³/mol. The van der Waals surface area contributed by atoms with Crippen molar-refractivity contribution in [3.8, 4) is 5.75 Å². The molecule has 1 amide bonds. The Morgan fingerprint density at radius 3 is 2.74 bits per heavy atom. The van der Waals surface area contributed by atoms with Crippen LogP contribution in [0.15, 0.2) is 35.8 Å². The molecule has 1 aliphatic carbocycles. The fourth-order valence-corrected chi connectivity index (χ4v) is 7.00. The minimum Gasteiger partial charge on any atom is -0.496 e. The number of hydrogen-bond donors (Lipinski definition) is 2. The summed E-state index contributed by atoms with van der Waals surface area (Å²) >= 11 is 1.37. The summed E-state index contributed by atoms with van der Waals surface area (Å²) in [7, 11) is 1.56. The highest BCUT2D eigenvalue weighted by Gasteiger charge is 2.33. The Labute approximate surface area is 271 Å². The number of fused-ring (bicyclic) bond motifs is 2. The molecule has 0 aliphatic heterocycles. The molecule has 3 heterocycles. The molecule has 4 aromatic rings. The summed E-state index contributed by atoms with van der Waals surface area (Å²) in [6.07, 6.45) is 4.89. The van der Waals surface area contributed by atoms with E-state index in [1.54, 1.807) is 36.1 Å². The van der Waals surface area contributed by atoms with E-state index in [0.29, 0.717) is 41.4 Å². The second-order valence-electron chi connectivity index (χ2n) is 12.4. The molecule has 244 valence electrons. The number of rotatable bonds is 14. The van der Waals surface area contributed by atoms with Gasteiger partial charge in [0.2, 0.25) is 5.91 Å². The van der Waals surface area contributed by atoms with Gasteiger partial charge in [-0.2, -0.15) is 0 Å². The molecule has 1 aliphatic rings. The Bertz CT molecular complexity index is 1770. The summed E-state index contributed by atoms with van der Waals surface area (Å²) in [4.78, 5) is 74.7. The highest BCUT2D eigenvalue weighted by Crippen LogP contribution is 2.29. The van der Waals surface area contributed by atoms with Crippen molar-refractivity contribution in [3.63, 3.8) is 0 Å². The number of carbonyl (C=O) groups excluding carboxylic acids is 5. The minimum atomic E-state index is -1.05. The second kappa shape index (κ2) is 14.4. The van der Waals surface area contributed by atoms with Gasteiger partial charge in [0, 0.05) is 47.2 Å². The quantitative estimate of drug-likeness (QED) is 0.135. The number of aryl methyl sites for hydroxylation is 1. The number of ketones is 3. The normalized spacial score (nSPS) is 16.5. The van der Waals surface area contributed by atoms with Crippen LogP contribution in [0.25, 0.3) is 15.9 Å². The van der Waals surface area contributed by atoms with Gasteiger partial charge in [0.25, 0.3) is 0 Å². The summed E-state index contributed by atoms with van der Waals surface area (Å²) in [6, 6.07) is 6.15. The molecule has 3 atom stereocenters. The molecule has 2 N–H and O–H groups in total. The maximum absolute atomic E-state index is 13.8. The average molecular weight is 649 g/mol. The zero-order valence-corrected chi connectivity index (χ0v) is 27.4. The maximum atomic E-state index is 13.8. The van der Waals surface area contributed by atoms with Crippen molar-refractivity contribution in [3.05, 3.63) is 52.9 Å². The number of aromatic amines is 1. The molecule has 12 heteroatoms. The summed E-state index contributed by atoms with van der Waals surface area (Å²) in [5, 5.41) is 5.42. The van der Waals surface area contributed by atoms with Gasteiger partial charge in [-0.3, -0.25) is 23.6 Å². The minimum absolute atomic E-state index is 0.0631. The van der Waals surface area contributed by atoms with E-state index in [0.717, 1.165) is 23.7 Å². The van der Waals surface area contributed by atoms with Crippen LogP contribution in [0.4, 0.5) is 0 Å². The topological polar surface area (TPSA) is 149 Å². The first kappa shape index (κ1) is 33.1. The monoisotopic (exact) mass is 648 g/mol. The molecule has 0 bridgehead atoms. The van der Waals surface area contributed by atoms with E-state index in [1.165, 1.54) is 11.3 Å². The number of Topliss-reactive ketones (excluding diaryl/α,β-unsaturated/α-hetero) is 3. The SMILES string of the molecule is COc1cccc2[nH]c(C(=O)C[C@@H](CC(C)C)C(=O)N[C@@H](C[C@@H]3CCCCC3=O)C(=O)COC(=O)c3c(C)nc4sccn34)cc12. The van der Waals surface area contributed by atoms with Crippen LogP contribution in [0.5, 0.6) is 5.75 Å². The summed E-state index contributed by atoms with van der Waals surface area (Å²) < 4.78 is 12.5. The molecule has 0 radical (unpaired) electrons. The van der Waals surface area contributed by atoms with Gasteiger partial charge >= 0.3 is 5.97 Å². The number of nitrogens with zero attached hydrogens (tertiary/aromatic N) is 2. The second-order valence-corrected chi connectivity index (χ2v) is 13.3. The van der Waals surface area contributed by atoms with Gasteiger partial charge in [-0.25, -0.2) is 9.78 Å². The fourth-order valence-electron chi connectivity index (χ4n) is 6.24. The number of imidazole rings is 1. The smallest absolute Gasteiger partial charge is 0.357 e. The first-order valence-corrected chi connectivity index (χ1v) is 16.6. The van der Waals surface area contributed by atoms with E-state index in [9.17, 15) is 24.0 Å². The largest absolute Gasteiger partial charge is 0.496 e. The van der Waals surface area contributed by atoms with Gasteiger partial charge in [0.15, 0.2) is 28.8 Å². The summed E-state index contributed by atoms with van der Waals surface area (Å²) in [6.45, 7) is 5.04. The van der Waals surface area contributed by atoms with Crippen molar-refractivity contribution in [1.82, 2.24) is 19.7 Å². The maximum Gasteiger partial charge on any atom is 0.357 e. The highest BCUT2D eigenvalue weighted by molar-refractivity contribution is 7.15. The van der Waals surface area contributed by atoms with E-state index >= 15 is 0 Å². The van der Waals surface area contributed by atoms with Gasteiger partial charge in [-0.15, -0.1) is 11.3 Å². The number of thiazole rings is 1. The zero-order chi connectivity index (χ0) is 33.0. The molecule has 1 aromatic carbocycles. The van der Waals surface area contributed by atoms with Gasteiger partial charge in [-0.1, -0.05) is 26.3 Å². The number of amides is 1. The molecule has 3 aromatic heterocycles. The van der Waals surface area contributed by atoms with Gasteiger partial charge in [0.1, 0.15) is 11.5 Å². The van der Waals surface area contributed by atoms with Crippen molar-refractivity contribution in [2.75, 3.05) is 13.7 Å². The average Bonchev–Trinajstić information content (AvgIpc) is 3.74. The van der Waals surface area contributed by atoms with Crippen LogP contribution in [0.2, 0.25) is 0 Å². The van der Waals surface area contributed by atoms with Crippen molar-refractivity contribution >= 4 is 56.4 Å². The number of carbonyl (C=O) groups is 5. The number of benzene rings is 1. The van der Waals surface area contributed by atoms with E-state index in [-0.39, 0.29) is 41.9 Å². The van der Waals surface area contributed by atoms with E-state index in [4.69, 9.17) is 9.47 Å². The highest BCUT2D eigenvalue weighted by atomic mass is 32.1. The van der Waals surface area contributed by atoms with Gasteiger partial charge < -0.3 is 19.8 Å². The number of hydrogen-bond acceptors (Lipinski definition) is 9. The first-order chi connectivity index (χ1) is 22.0. The van der Waals surface area contributed by atoms with Crippen LogP contribution in [-0.4, -0.2) is 63.4 Å². The van der Waals surface area contributed by atoms with E-state index in [1.807, 2.05) is 32.0 Å². The molecule has 0 spiro atoms. The van der Waals surface area contributed by atoms with Crippen LogP contribution in [0.3, 0.4) is 0 Å². The molecule has 1 saturated carbocycles. The third-order valence-electron chi connectivity index (χ3n) is 8.58. The Morgan fingerprint density at radius 2 is 2.00 bits per heavy atom. The van der Waals surface area contributed by atoms with Crippen LogP contribution in [0, 0.1) is 24.7 Å². The Balaban J connectivity index is 1.32. The number of ether oxygens (including phenoxy) is 2. The van der Waals surface area contributed by atoms with Crippen LogP contribution < -0.4 is 10.1 Å². The molecular weight excluding hydrogens is 608 g/mol. The van der Waals surface area contributed by atoms with E-state index < -0.39 is 36.2 Å². The first-order valence-electron chi connectivity index (χ1n) is 15.7. The van der Waals surface area contributed by atoms with Gasteiger partial charge in [0.05, 0.1) is 24.5 Å². The lowest BCUT2D eigenvalue weighted by atomic mass is 9.82. The lowest BCUT2D eigenvalue weighted by Gasteiger charge is -2.27. The molecule has 1 fully saturated rings. The van der Waals surface area contributed by atoms with Gasteiger partial charge in [-0.05, 0) is 56.7 Å². The number of methoxy groups -OCH3 is 1. The molecule has 5 rings (SSSR count). The van der Waals surface area contributed by atoms with Crippen molar-refractivity contribution in [1.29, 1.82) is 0 Å². The number of H-pyrrole nitrogens is 1. The summed E-state index contributed by atoms with van der Waals surface area (Å²) in [5.74, 6) is -2.22. The van der Waals surface area contributed by atoms with Crippen molar-refractivity contribution in [2.45, 2.75) is 71.8 Å². The van der Waals surface area contributed by atoms with Crippen molar-refractivity contribution < 1.29 is 33.4 Å². The van der Waals surface area contributed by atoms with E-state index in [2.05, 4.69) is 15.3 Å². The number of nitrogens with one attached hydrogen (secondary N) is 2. The molecule has 46 heavy (non-hydrogen) atoms. The van der Waals surface area contributed by atoms with Crippen LogP contribution in [0.1, 0.15) is 85.5 Å². The molecule has 0 unspecified atom stereocenters. The van der Waals surface area contributed by atoms with Crippen molar-refractivity contribution in [2.24, 2.45) is 17.8 Å². The third-order valence-corrected chi connectivity index (χ3v) is 9.34. The number of aromatic nitrogens is 3. The standard InChI is InChI=1S/C34H40N4O7S/c1-19(2)14-22(16-28(40)26-17-23-24(36-26)9-7-11-30(23)44-4)32(42)37-25(15-21-8-5-6-10-27(21)39)29(41)18-45-33(43)31-20(3)35-34-38(31)12-13-46-34/h7,9,11-13,17,19,21-22,25,36H,5-6,8,10,14-16,18H2,1-4H3,(H,37,42)/t21-,22+,25-/m0/s1. The Hall–Kier alpha value is -4.32. The third kappa shape index (κ3) is 7.38. The molecular formula is C34H40N4O7S. The van der Waals surface area contributed by atoms with Crippen LogP contribution >= 0.6 is 11.3 Å². The fraction of sp³-hybridized carbons (Fsp3) is 0.471. The lowest BCUT2D eigenvalue weighted by Crippen LogP contribution is -2.47. The Morgan fingerprint density at radius 1 is 1.20 bits per heavy atom. The summed E-state index contributed by atoms with van der Waals surface area (Å²) in [5.41, 5.74) is 1.83. The van der Waals surface area contributed by atoms with Crippen LogP contribution in [-0.2, 0) is 19.1 Å². The lowest BCUT2D eigenvalue weighted by molar-refractivity contribution is -0.133. The predicted octanol–water partition coefficient (Wildman–Crippen LogP) is 5.49. The Kier molecular flexibility index (Phi) is 10.4. The molecule has 11 nitrogen and oxygen atoms in total. The number of esters is 1.